The summed E-state index contributed by atoms with van der Waals surface area (Å²) < 4.78 is 0. The number of amides is 3. The third-order valence-corrected chi connectivity index (χ3v) is 4.20. The number of nitrogens with one attached hydrogen (secondary N) is 1. The maximum Gasteiger partial charge on any atom is 0.261 e. The van der Waals surface area contributed by atoms with Gasteiger partial charge in [-0.2, -0.15) is 0 Å². The van der Waals surface area contributed by atoms with Gasteiger partial charge in [0.2, 0.25) is 5.91 Å². The molecular weight excluding hydrogens is 280 g/mol. The molecule has 0 aliphatic carbocycles. The second-order valence-electron chi connectivity index (χ2n) is 5.54. The van der Waals surface area contributed by atoms with E-state index in [9.17, 15) is 14.4 Å². The Labute approximate surface area is 130 Å². The van der Waals surface area contributed by atoms with E-state index in [0.29, 0.717) is 17.5 Å². The first-order chi connectivity index (χ1) is 10.4. The van der Waals surface area contributed by atoms with Gasteiger partial charge in [-0.25, -0.2) is 0 Å². The smallest absolute Gasteiger partial charge is 0.261 e. The number of rotatable bonds is 6. The number of fused-ring (bicyclic) bond motifs is 1. The Kier molecular flexibility index (Phi) is 4.45. The lowest BCUT2D eigenvalue weighted by Crippen LogP contribution is -2.42. The number of hydrogen-bond donors (Lipinski definition) is 1. The van der Waals surface area contributed by atoms with Crippen LogP contribution in [0.2, 0.25) is 0 Å². The summed E-state index contributed by atoms with van der Waals surface area (Å²) in [5.74, 6) is -0.768. The second-order valence-corrected chi connectivity index (χ2v) is 5.54. The van der Waals surface area contributed by atoms with Crippen LogP contribution in [0.25, 0.3) is 0 Å². The van der Waals surface area contributed by atoms with Crippen LogP contribution < -0.4 is 5.32 Å². The minimum atomic E-state index is -0.637. The Balaban J connectivity index is 1.97. The number of benzene rings is 1. The average molecular weight is 300 g/mol. The summed E-state index contributed by atoms with van der Waals surface area (Å²) in [5, 5.41) is 2.76. The van der Waals surface area contributed by atoms with Crippen molar-refractivity contribution < 1.29 is 14.4 Å². The molecule has 1 aliphatic heterocycles. The Bertz CT molecular complexity index is 604. The molecule has 1 atom stereocenters. The molecule has 0 saturated carbocycles. The minimum Gasteiger partial charge on any atom is -0.354 e. The molecule has 3 amide bonds. The highest BCUT2D eigenvalue weighted by Gasteiger charge is 2.35. The lowest BCUT2D eigenvalue weighted by atomic mass is 9.87. The Hall–Kier alpha value is -2.43. The van der Waals surface area contributed by atoms with Crippen LogP contribution >= 0.6 is 0 Å². The predicted octanol–water partition coefficient (Wildman–Crippen LogP) is 2.00. The highest BCUT2D eigenvalue weighted by molar-refractivity contribution is 6.21. The van der Waals surface area contributed by atoms with Crippen molar-refractivity contribution in [3.63, 3.8) is 0 Å². The summed E-state index contributed by atoms with van der Waals surface area (Å²) in [4.78, 5) is 37.6. The van der Waals surface area contributed by atoms with Crippen molar-refractivity contribution in [2.75, 3.05) is 13.1 Å². The van der Waals surface area contributed by atoms with Crippen LogP contribution in [0.4, 0.5) is 0 Å². The van der Waals surface area contributed by atoms with E-state index in [4.69, 9.17) is 0 Å². The van der Waals surface area contributed by atoms with E-state index in [1.54, 1.807) is 37.3 Å². The summed E-state index contributed by atoms with van der Waals surface area (Å²) in [6.45, 7) is 7.78. The number of carbonyl (C=O) groups is 3. The number of hydrogen-bond acceptors (Lipinski definition) is 3. The van der Waals surface area contributed by atoms with Gasteiger partial charge in [0.15, 0.2) is 0 Å². The van der Waals surface area contributed by atoms with Gasteiger partial charge in [0, 0.05) is 13.1 Å². The lowest BCUT2D eigenvalue weighted by molar-refractivity contribution is -0.128. The van der Waals surface area contributed by atoms with Gasteiger partial charge < -0.3 is 5.32 Å². The van der Waals surface area contributed by atoms with Gasteiger partial charge in [0.1, 0.15) is 0 Å². The van der Waals surface area contributed by atoms with E-state index >= 15 is 0 Å². The molecule has 22 heavy (non-hydrogen) atoms. The van der Waals surface area contributed by atoms with E-state index in [1.807, 2.05) is 6.92 Å². The molecule has 1 unspecified atom stereocenters. The van der Waals surface area contributed by atoms with Crippen LogP contribution in [0, 0.1) is 5.41 Å². The molecule has 1 heterocycles. The monoisotopic (exact) mass is 300 g/mol. The molecule has 0 fully saturated rings. The average Bonchev–Trinajstić information content (AvgIpc) is 2.79. The van der Waals surface area contributed by atoms with Crippen LogP contribution in [-0.2, 0) is 4.79 Å². The van der Waals surface area contributed by atoms with Crippen molar-refractivity contribution in [2.24, 2.45) is 5.41 Å². The Morgan fingerprint density at radius 3 is 2.27 bits per heavy atom. The molecular formula is C17H20N2O3. The number of nitrogens with zero attached hydrogens (tertiary/aromatic N) is 1. The molecule has 5 nitrogen and oxygen atoms in total. The van der Waals surface area contributed by atoms with E-state index < -0.39 is 5.41 Å². The first-order valence-corrected chi connectivity index (χ1v) is 7.31. The van der Waals surface area contributed by atoms with Crippen LogP contribution in [0.1, 0.15) is 41.0 Å². The van der Waals surface area contributed by atoms with Gasteiger partial charge in [0.25, 0.3) is 11.8 Å². The van der Waals surface area contributed by atoms with Crippen molar-refractivity contribution in [1.82, 2.24) is 10.2 Å². The highest BCUT2D eigenvalue weighted by Crippen LogP contribution is 2.23. The first-order valence-electron chi connectivity index (χ1n) is 7.31. The quantitative estimate of drug-likeness (QED) is 0.645. The van der Waals surface area contributed by atoms with Gasteiger partial charge in [-0.3, -0.25) is 19.3 Å². The molecule has 1 N–H and O–H groups in total. The lowest BCUT2D eigenvalue weighted by Gasteiger charge is -2.23. The molecule has 1 aromatic rings. The minimum absolute atomic E-state index is 0.151. The maximum atomic E-state index is 12.2. The van der Waals surface area contributed by atoms with Gasteiger partial charge in [0.05, 0.1) is 16.5 Å². The zero-order valence-electron chi connectivity index (χ0n) is 12.9. The van der Waals surface area contributed by atoms with Crippen molar-refractivity contribution in [3.8, 4) is 0 Å². The van der Waals surface area contributed by atoms with Crippen molar-refractivity contribution >= 4 is 17.7 Å². The first kappa shape index (κ1) is 15.9. The fraction of sp³-hybridized carbons (Fsp3) is 0.353. The zero-order valence-corrected chi connectivity index (χ0v) is 12.9. The van der Waals surface area contributed by atoms with Crippen LogP contribution in [0.3, 0.4) is 0 Å². The normalized spacial score (nSPS) is 16.2. The third-order valence-electron chi connectivity index (χ3n) is 4.20. The summed E-state index contributed by atoms with van der Waals surface area (Å²) >= 11 is 0. The molecule has 0 bridgehead atoms. The van der Waals surface area contributed by atoms with Crippen LogP contribution in [0.15, 0.2) is 36.9 Å². The van der Waals surface area contributed by atoms with Crippen molar-refractivity contribution in [1.29, 1.82) is 0 Å². The molecule has 2 rings (SSSR count). The number of carbonyl (C=O) groups excluding carboxylic acids is 3. The van der Waals surface area contributed by atoms with Gasteiger partial charge in [-0.05, 0) is 25.5 Å². The van der Waals surface area contributed by atoms with E-state index in [0.717, 1.165) is 0 Å². The van der Waals surface area contributed by atoms with Crippen molar-refractivity contribution in [3.05, 3.63) is 48.0 Å². The topological polar surface area (TPSA) is 66.5 Å². The summed E-state index contributed by atoms with van der Waals surface area (Å²) in [6, 6.07) is 6.73. The van der Waals surface area contributed by atoms with Crippen LogP contribution in [0.5, 0.6) is 0 Å². The van der Waals surface area contributed by atoms with Gasteiger partial charge in [-0.15, -0.1) is 6.58 Å². The molecule has 116 valence electrons. The van der Waals surface area contributed by atoms with Crippen LogP contribution in [-0.4, -0.2) is 35.7 Å². The maximum absolute atomic E-state index is 12.2. The summed E-state index contributed by atoms with van der Waals surface area (Å²) in [5.41, 5.74) is 0.203. The van der Waals surface area contributed by atoms with Gasteiger partial charge >= 0.3 is 0 Å². The SMILES string of the molecule is C=CC(C)(CC)C(=O)NCCN1C(=O)c2ccccc2C1=O. The molecule has 0 spiro atoms. The molecule has 0 aromatic heterocycles. The zero-order chi connectivity index (χ0) is 16.3. The Morgan fingerprint density at radius 1 is 1.27 bits per heavy atom. The largest absolute Gasteiger partial charge is 0.354 e. The van der Waals surface area contributed by atoms with E-state index in [1.165, 1.54) is 4.90 Å². The third kappa shape index (κ3) is 2.66. The fourth-order valence-corrected chi connectivity index (χ4v) is 2.32. The molecule has 1 aromatic carbocycles. The summed E-state index contributed by atoms with van der Waals surface area (Å²) in [7, 11) is 0. The summed E-state index contributed by atoms with van der Waals surface area (Å²) in [6.07, 6.45) is 2.25. The molecule has 0 saturated heterocycles. The van der Waals surface area contributed by atoms with Gasteiger partial charge in [-0.1, -0.05) is 25.1 Å². The molecule has 5 heteroatoms. The highest BCUT2D eigenvalue weighted by atomic mass is 16.2. The Morgan fingerprint density at radius 2 is 1.82 bits per heavy atom. The standard InChI is InChI=1S/C17H20N2O3/c1-4-17(3,5-2)16(22)18-10-11-19-14(20)12-8-6-7-9-13(12)15(19)21/h4,6-9H,1,5,10-11H2,2-3H3,(H,18,22). The van der Waals surface area contributed by atoms with E-state index in [2.05, 4.69) is 11.9 Å². The van der Waals surface area contributed by atoms with Crippen molar-refractivity contribution in [2.45, 2.75) is 20.3 Å². The predicted molar refractivity (Wildman–Crippen MR) is 83.4 cm³/mol. The molecule has 1 aliphatic rings. The molecule has 0 radical (unpaired) electrons. The number of imide groups is 1. The van der Waals surface area contributed by atoms with E-state index in [-0.39, 0.29) is 30.8 Å². The second kappa shape index (κ2) is 6.13. The fourth-order valence-electron chi connectivity index (χ4n) is 2.32.